The van der Waals surface area contributed by atoms with Crippen molar-refractivity contribution in [3.63, 3.8) is 0 Å². The third-order valence-corrected chi connectivity index (χ3v) is 5.40. The van der Waals surface area contributed by atoms with Crippen LogP contribution >= 0.6 is 0 Å². The normalized spacial score (nSPS) is 26.2. The molecule has 4 heterocycles. The number of fused-ring (bicyclic) bond motifs is 1. The van der Waals surface area contributed by atoms with Crippen molar-refractivity contribution in [3.05, 3.63) is 36.3 Å². The first kappa shape index (κ1) is 15.6. The number of primary amides is 1. The molecule has 24 heavy (non-hydrogen) atoms. The van der Waals surface area contributed by atoms with Crippen molar-refractivity contribution in [2.24, 2.45) is 17.6 Å². The second-order valence-corrected chi connectivity index (χ2v) is 6.94. The summed E-state index contributed by atoms with van der Waals surface area (Å²) in [4.78, 5) is 18.7. The van der Waals surface area contributed by atoms with Gasteiger partial charge in [-0.1, -0.05) is 6.07 Å². The van der Waals surface area contributed by atoms with Gasteiger partial charge in [-0.15, -0.1) is 0 Å². The van der Waals surface area contributed by atoms with Crippen LogP contribution in [0.3, 0.4) is 0 Å². The summed E-state index contributed by atoms with van der Waals surface area (Å²) in [5.41, 5.74) is 7.62. The van der Waals surface area contributed by atoms with E-state index < -0.39 is 0 Å². The molecule has 6 nitrogen and oxygen atoms in total. The zero-order valence-corrected chi connectivity index (χ0v) is 13.8. The molecule has 2 fully saturated rings. The van der Waals surface area contributed by atoms with Gasteiger partial charge in [0, 0.05) is 25.5 Å². The molecule has 2 saturated heterocycles. The van der Waals surface area contributed by atoms with Gasteiger partial charge in [-0.25, -0.2) is 4.98 Å². The van der Waals surface area contributed by atoms with Crippen LogP contribution in [0.1, 0.15) is 25.0 Å². The van der Waals surface area contributed by atoms with Crippen LogP contribution in [-0.2, 0) is 16.1 Å². The van der Waals surface area contributed by atoms with E-state index in [0.717, 1.165) is 50.2 Å². The maximum Gasteiger partial charge on any atom is 0.223 e. The van der Waals surface area contributed by atoms with Crippen LogP contribution in [-0.4, -0.2) is 46.0 Å². The van der Waals surface area contributed by atoms with E-state index in [0.29, 0.717) is 12.5 Å². The molecule has 0 saturated carbocycles. The lowest BCUT2D eigenvalue weighted by molar-refractivity contribution is -0.124. The first-order valence-corrected chi connectivity index (χ1v) is 8.76. The van der Waals surface area contributed by atoms with Gasteiger partial charge in [0.05, 0.1) is 17.7 Å². The number of likely N-dealkylation sites (tertiary alicyclic amines) is 1. The third kappa shape index (κ3) is 3.03. The minimum atomic E-state index is -0.204. The first-order valence-electron chi connectivity index (χ1n) is 8.76. The molecule has 4 rings (SSSR count). The van der Waals surface area contributed by atoms with Crippen molar-refractivity contribution in [1.29, 1.82) is 0 Å². The van der Waals surface area contributed by atoms with Gasteiger partial charge in [0.15, 0.2) is 0 Å². The van der Waals surface area contributed by atoms with Crippen LogP contribution < -0.4 is 5.73 Å². The summed E-state index contributed by atoms with van der Waals surface area (Å²) >= 11 is 0. The van der Waals surface area contributed by atoms with Gasteiger partial charge >= 0.3 is 0 Å². The van der Waals surface area contributed by atoms with Crippen molar-refractivity contribution < 1.29 is 9.53 Å². The summed E-state index contributed by atoms with van der Waals surface area (Å²) in [6, 6.07) is 6.05. The Hall–Kier alpha value is -1.92. The Morgan fingerprint density at radius 3 is 2.88 bits per heavy atom. The highest BCUT2D eigenvalue weighted by Gasteiger charge is 2.39. The number of carbonyl (C=O) groups excluding carboxylic acids is 1. The minimum Gasteiger partial charge on any atom is -0.377 e. The molecule has 1 amide bonds. The topological polar surface area (TPSA) is 72.9 Å². The number of imidazole rings is 1. The van der Waals surface area contributed by atoms with E-state index in [1.165, 1.54) is 0 Å². The second kappa shape index (κ2) is 6.53. The molecule has 0 bridgehead atoms. The zero-order valence-electron chi connectivity index (χ0n) is 13.8. The number of nitrogens with zero attached hydrogens (tertiary/aromatic N) is 3. The maximum atomic E-state index is 11.6. The van der Waals surface area contributed by atoms with E-state index in [1.54, 1.807) is 0 Å². The lowest BCUT2D eigenvalue weighted by Crippen LogP contribution is -2.41. The fraction of sp³-hybridized carbons (Fsp3) is 0.556. The van der Waals surface area contributed by atoms with E-state index >= 15 is 0 Å². The number of ether oxygens (including phenoxy) is 1. The molecule has 2 aromatic heterocycles. The summed E-state index contributed by atoms with van der Waals surface area (Å²) in [6.45, 7) is 3.58. The predicted octanol–water partition coefficient (Wildman–Crippen LogP) is 1.44. The molecule has 0 radical (unpaired) electrons. The van der Waals surface area contributed by atoms with Crippen molar-refractivity contribution in [2.75, 3.05) is 19.7 Å². The van der Waals surface area contributed by atoms with Crippen LogP contribution in [0.5, 0.6) is 0 Å². The fourth-order valence-electron chi connectivity index (χ4n) is 4.11. The van der Waals surface area contributed by atoms with Crippen LogP contribution in [0.25, 0.3) is 5.65 Å². The highest BCUT2D eigenvalue weighted by Crippen LogP contribution is 2.33. The summed E-state index contributed by atoms with van der Waals surface area (Å²) in [6.07, 6.45) is 7.05. The number of hydrogen-bond donors (Lipinski definition) is 1. The molecule has 2 N–H and O–H groups in total. The number of pyridine rings is 1. The molecule has 2 aromatic rings. The number of nitrogens with two attached hydrogens (primary N) is 1. The average molecular weight is 328 g/mol. The molecule has 6 heteroatoms. The molecular weight excluding hydrogens is 304 g/mol. The molecule has 2 aliphatic heterocycles. The van der Waals surface area contributed by atoms with E-state index in [1.807, 2.05) is 24.4 Å². The Bertz CT molecular complexity index is 688. The minimum absolute atomic E-state index is 0.0276. The number of aromatic nitrogens is 2. The van der Waals surface area contributed by atoms with Crippen LogP contribution in [0.4, 0.5) is 0 Å². The van der Waals surface area contributed by atoms with Crippen molar-refractivity contribution in [1.82, 2.24) is 14.3 Å². The quantitative estimate of drug-likeness (QED) is 0.922. The number of amides is 1. The zero-order chi connectivity index (χ0) is 16.5. The molecular formula is C18H24N4O2. The van der Waals surface area contributed by atoms with Gasteiger partial charge in [0.2, 0.25) is 5.91 Å². The second-order valence-electron chi connectivity index (χ2n) is 6.94. The number of carbonyl (C=O) groups is 1. The van der Waals surface area contributed by atoms with E-state index in [2.05, 4.69) is 20.5 Å². The standard InChI is InChI=1S/C18H24N4O2/c19-18(23)15-6-10-24-17(15)13-4-8-21(9-5-13)11-14-12-22-7-2-1-3-16(22)20-14/h1-3,7,12-13,15,17H,4-6,8-11H2,(H2,19,23)/t15-,17+/m0/s1. The Morgan fingerprint density at radius 1 is 1.29 bits per heavy atom. The maximum absolute atomic E-state index is 11.6. The van der Waals surface area contributed by atoms with Crippen molar-refractivity contribution in [3.8, 4) is 0 Å². The number of rotatable bonds is 4. The molecule has 128 valence electrons. The van der Waals surface area contributed by atoms with E-state index in [9.17, 15) is 4.79 Å². The van der Waals surface area contributed by atoms with Crippen molar-refractivity contribution >= 4 is 11.6 Å². The van der Waals surface area contributed by atoms with Gasteiger partial charge in [-0.2, -0.15) is 0 Å². The van der Waals surface area contributed by atoms with Crippen LogP contribution in [0.2, 0.25) is 0 Å². The van der Waals surface area contributed by atoms with Gasteiger partial charge in [0.25, 0.3) is 0 Å². The van der Waals surface area contributed by atoms with Gasteiger partial charge in [-0.3, -0.25) is 9.69 Å². The van der Waals surface area contributed by atoms with Crippen molar-refractivity contribution in [2.45, 2.75) is 31.9 Å². The lowest BCUT2D eigenvalue weighted by atomic mass is 9.84. The van der Waals surface area contributed by atoms with E-state index in [4.69, 9.17) is 10.5 Å². The Labute approximate surface area is 141 Å². The highest BCUT2D eigenvalue weighted by molar-refractivity contribution is 5.77. The number of hydrogen-bond acceptors (Lipinski definition) is 4. The molecule has 2 atom stereocenters. The Morgan fingerprint density at radius 2 is 2.12 bits per heavy atom. The third-order valence-electron chi connectivity index (χ3n) is 5.40. The smallest absolute Gasteiger partial charge is 0.223 e. The summed E-state index contributed by atoms with van der Waals surface area (Å²) in [5.74, 6) is 0.145. The Balaban J connectivity index is 1.35. The van der Waals surface area contributed by atoms with Gasteiger partial charge in [0.1, 0.15) is 5.65 Å². The van der Waals surface area contributed by atoms with Crippen LogP contribution in [0, 0.1) is 11.8 Å². The molecule has 0 spiro atoms. The first-order chi connectivity index (χ1) is 11.7. The lowest BCUT2D eigenvalue weighted by Gasteiger charge is -2.35. The summed E-state index contributed by atoms with van der Waals surface area (Å²) in [7, 11) is 0. The van der Waals surface area contributed by atoms with E-state index in [-0.39, 0.29) is 17.9 Å². The van der Waals surface area contributed by atoms with Gasteiger partial charge < -0.3 is 14.9 Å². The molecule has 0 unspecified atom stereocenters. The molecule has 2 aliphatic rings. The fourth-order valence-corrected chi connectivity index (χ4v) is 4.11. The predicted molar refractivity (Wildman–Crippen MR) is 90.2 cm³/mol. The average Bonchev–Trinajstić information content (AvgIpc) is 3.21. The largest absolute Gasteiger partial charge is 0.377 e. The SMILES string of the molecule is NC(=O)[C@H]1CCO[C@@H]1C1CCN(Cc2cn3ccccc3n2)CC1. The monoisotopic (exact) mass is 328 g/mol. The Kier molecular flexibility index (Phi) is 4.24. The van der Waals surface area contributed by atoms with Gasteiger partial charge in [-0.05, 0) is 50.4 Å². The highest BCUT2D eigenvalue weighted by atomic mass is 16.5. The summed E-state index contributed by atoms with van der Waals surface area (Å²) < 4.78 is 7.89. The molecule has 0 aromatic carbocycles. The van der Waals surface area contributed by atoms with Crippen LogP contribution in [0.15, 0.2) is 30.6 Å². The number of piperidine rings is 1. The molecule has 0 aliphatic carbocycles. The summed E-state index contributed by atoms with van der Waals surface area (Å²) in [5, 5.41) is 0.